The van der Waals surface area contributed by atoms with Crippen LogP contribution in [-0.4, -0.2) is 85.2 Å². The maximum absolute atomic E-state index is 13.9. The second-order valence-corrected chi connectivity index (χ2v) is 28.5. The van der Waals surface area contributed by atoms with Crippen molar-refractivity contribution in [2.24, 2.45) is 39.6 Å². The molecule has 1 aromatic rings. The number of nitrogens with one attached hydrogen (secondary N) is 1. The van der Waals surface area contributed by atoms with Gasteiger partial charge < -0.3 is 34.1 Å². The Balaban J connectivity index is 1.40. The highest BCUT2D eigenvalue weighted by Gasteiger charge is 2.66. The number of carboxylic acids is 1. The first-order valence-corrected chi connectivity index (χ1v) is 26.0. The molecule has 55 heavy (non-hydrogen) atoms. The number of hydrazone groups is 1. The van der Waals surface area contributed by atoms with Crippen LogP contribution in [0.1, 0.15) is 90.5 Å². The van der Waals surface area contributed by atoms with Gasteiger partial charge in [-0.1, -0.05) is 45.4 Å². The largest absolute Gasteiger partial charge is 0.508 e. The molecule has 3 fully saturated rings. The summed E-state index contributed by atoms with van der Waals surface area (Å²) < 4.78 is 12.8. The van der Waals surface area contributed by atoms with Crippen LogP contribution in [-0.2, 0) is 28.0 Å². The molecule has 0 radical (unpaired) electrons. The molecule has 0 heterocycles. The number of phenols is 1. The Hall–Kier alpha value is -3.02. The average Bonchev–Trinajstić information content (AvgIpc) is 3.44. The van der Waals surface area contributed by atoms with Crippen molar-refractivity contribution in [3.05, 3.63) is 41.5 Å². The first kappa shape index (κ1) is 43.1. The van der Waals surface area contributed by atoms with Crippen molar-refractivity contribution in [3.63, 3.8) is 0 Å². The number of aliphatic hydroxyl groups excluding tert-OH is 2. The van der Waals surface area contributed by atoms with Crippen LogP contribution >= 0.6 is 0 Å². The van der Waals surface area contributed by atoms with E-state index in [9.17, 15) is 39.6 Å². The van der Waals surface area contributed by atoms with Gasteiger partial charge in [0.25, 0.3) is 0 Å². The number of aldehydes is 1. The SMILES string of the molecule is CC(C)(C)[Si](C)(C)OC(O)C(=O)[C@H]1CC[C@H]2[C@@H]3CCC4=CC(=NNC(=O)CC(CC(=O)O)c5ccc(O)cc5)C(O[Si](C)(C)C)C[C@]4(C)[C@H]3[C@@H](O)C[C@]12C=O. The number of aromatic hydroxyl groups is 1. The van der Waals surface area contributed by atoms with Crippen LogP contribution in [0.5, 0.6) is 5.75 Å². The second kappa shape index (κ2) is 15.7. The number of Topliss-reactive ketones (excluding diaryl/α,β-unsaturated/α-hetero) is 1. The lowest BCUT2D eigenvalue weighted by Gasteiger charge is -2.60. The maximum Gasteiger partial charge on any atom is 0.303 e. The minimum Gasteiger partial charge on any atom is -0.508 e. The zero-order chi connectivity index (χ0) is 40.9. The summed E-state index contributed by atoms with van der Waals surface area (Å²) in [5, 5.41) is 46.8. The fraction of sp³-hybridized carbons (Fsp3) is 0.683. The van der Waals surface area contributed by atoms with Crippen molar-refractivity contribution in [1.29, 1.82) is 0 Å². The molecule has 0 bridgehead atoms. The van der Waals surface area contributed by atoms with Crippen molar-refractivity contribution in [2.45, 2.75) is 141 Å². The number of benzene rings is 1. The van der Waals surface area contributed by atoms with Crippen LogP contribution in [0.2, 0.25) is 37.8 Å². The van der Waals surface area contributed by atoms with Crippen molar-refractivity contribution in [2.75, 3.05) is 0 Å². The third-order valence-electron chi connectivity index (χ3n) is 13.6. The lowest BCUT2D eigenvalue weighted by molar-refractivity contribution is -0.166. The summed E-state index contributed by atoms with van der Waals surface area (Å²) in [7, 11) is -4.66. The zero-order valence-corrected chi connectivity index (χ0v) is 35.9. The Morgan fingerprint density at radius 2 is 1.69 bits per heavy atom. The summed E-state index contributed by atoms with van der Waals surface area (Å²) in [5.41, 5.74) is 3.34. The van der Waals surface area contributed by atoms with Gasteiger partial charge in [0.1, 0.15) is 12.0 Å². The Labute approximate surface area is 327 Å². The van der Waals surface area contributed by atoms with Gasteiger partial charge in [0.2, 0.25) is 12.2 Å². The van der Waals surface area contributed by atoms with Crippen molar-refractivity contribution >= 4 is 46.3 Å². The van der Waals surface area contributed by atoms with E-state index in [2.05, 4.69) is 37.1 Å². The number of allylic oxidation sites excluding steroid dienone is 1. The molecule has 0 aromatic heterocycles. The highest BCUT2D eigenvalue weighted by atomic mass is 28.4. The smallest absolute Gasteiger partial charge is 0.303 e. The lowest BCUT2D eigenvalue weighted by Crippen LogP contribution is -2.60. The summed E-state index contributed by atoms with van der Waals surface area (Å²) in [4.78, 5) is 52.1. The molecule has 4 aliphatic rings. The van der Waals surface area contributed by atoms with E-state index in [0.29, 0.717) is 43.4 Å². The van der Waals surface area contributed by atoms with Gasteiger partial charge in [-0.15, -0.1) is 0 Å². The van der Waals surface area contributed by atoms with Gasteiger partial charge in [-0.25, -0.2) is 5.43 Å². The molecule has 3 saturated carbocycles. The number of aliphatic carboxylic acids is 1. The topological polar surface area (TPSA) is 192 Å². The summed E-state index contributed by atoms with van der Waals surface area (Å²) in [6.07, 6.45) is 2.61. The van der Waals surface area contributed by atoms with Gasteiger partial charge in [-0.3, -0.25) is 14.4 Å². The van der Waals surface area contributed by atoms with Crippen molar-refractivity contribution in [1.82, 2.24) is 5.43 Å². The molecule has 0 spiro atoms. The van der Waals surface area contributed by atoms with Crippen LogP contribution in [0.3, 0.4) is 0 Å². The number of nitrogens with zero attached hydrogens (tertiary/aromatic N) is 1. The van der Waals surface area contributed by atoms with Crippen LogP contribution in [0, 0.1) is 34.5 Å². The number of fused-ring (bicyclic) bond motifs is 5. The standard InChI is InChI=1S/C41H62N2O10Si2/c1-39(2,3)55(8,9)53-38(51)37(50)30-17-16-29-28-15-12-26-20-31(42-43-34(47)18-25(19-35(48)49)24-10-13-27(45)14-11-24)33(52-54(5,6)7)22-40(26,4)36(28)32(46)21-41(29,30)23-44/h10-11,13-14,20,23,25,28-30,32-33,36,38,45-46,51H,12,15-19,21-22H2,1-9H3,(H,43,47)(H,48,49)/t25?,28-,29-,30+,32-,33?,36+,38?,40-,41+/m0/s1. The molecule has 0 saturated heterocycles. The molecule has 10 atom stereocenters. The van der Waals surface area contributed by atoms with E-state index in [1.54, 1.807) is 12.1 Å². The van der Waals surface area contributed by atoms with Gasteiger partial charge in [0, 0.05) is 23.7 Å². The molecule has 5 N–H and O–H groups in total. The minimum absolute atomic E-state index is 0.0378. The molecule has 3 unspecified atom stereocenters. The number of aliphatic hydroxyl groups is 2. The third-order valence-corrected chi connectivity index (χ3v) is 19.0. The summed E-state index contributed by atoms with van der Waals surface area (Å²) in [6, 6.07) is 6.14. The van der Waals surface area contributed by atoms with E-state index in [0.717, 1.165) is 11.9 Å². The van der Waals surface area contributed by atoms with Gasteiger partial charge in [0.05, 0.1) is 24.3 Å². The fourth-order valence-corrected chi connectivity index (χ4v) is 12.1. The number of hydrogen-bond donors (Lipinski definition) is 5. The normalized spacial score (nSPS) is 32.7. The Kier molecular flexibility index (Phi) is 12.3. The first-order chi connectivity index (χ1) is 25.4. The molecular formula is C41H62N2O10Si2. The van der Waals surface area contributed by atoms with E-state index < -0.39 is 75.5 Å². The molecule has 0 aliphatic heterocycles. The summed E-state index contributed by atoms with van der Waals surface area (Å²) >= 11 is 0. The first-order valence-electron chi connectivity index (χ1n) is 19.7. The predicted octanol–water partition coefficient (Wildman–Crippen LogP) is 6.28. The van der Waals surface area contributed by atoms with Crippen molar-refractivity contribution in [3.8, 4) is 5.75 Å². The Morgan fingerprint density at radius 3 is 2.27 bits per heavy atom. The number of carbonyl (C=O) groups excluding carboxylic acids is 3. The number of carboxylic acid groups (broad SMARTS) is 1. The molecule has 4 aliphatic carbocycles. The number of carbonyl (C=O) groups is 4. The van der Waals surface area contributed by atoms with E-state index >= 15 is 0 Å². The summed E-state index contributed by atoms with van der Waals surface area (Å²) in [6.45, 7) is 18.5. The van der Waals surface area contributed by atoms with E-state index in [4.69, 9.17) is 8.85 Å². The third kappa shape index (κ3) is 8.79. The van der Waals surface area contributed by atoms with Crippen LogP contribution in [0.4, 0.5) is 0 Å². The van der Waals surface area contributed by atoms with Crippen LogP contribution < -0.4 is 5.43 Å². The molecule has 1 amide bonds. The van der Waals surface area contributed by atoms with Crippen LogP contribution in [0.15, 0.2) is 41.0 Å². The Bertz CT molecular complexity index is 1700. The molecule has 304 valence electrons. The van der Waals surface area contributed by atoms with Gasteiger partial charge in [-0.05, 0) is 123 Å². The molecular weight excluding hydrogens is 737 g/mol. The van der Waals surface area contributed by atoms with E-state index in [1.165, 1.54) is 12.1 Å². The molecule has 14 heteroatoms. The van der Waals surface area contributed by atoms with Gasteiger partial charge >= 0.3 is 5.97 Å². The molecule has 12 nitrogen and oxygen atoms in total. The Morgan fingerprint density at radius 1 is 1.04 bits per heavy atom. The number of phenolic OH excluding ortho intramolecular Hbond substituents is 1. The number of amides is 1. The van der Waals surface area contributed by atoms with Gasteiger partial charge in [-0.2, -0.15) is 5.10 Å². The maximum atomic E-state index is 13.9. The fourth-order valence-electron chi connectivity index (χ4n) is 10.0. The van der Waals surface area contributed by atoms with Crippen molar-refractivity contribution < 1.29 is 48.5 Å². The monoisotopic (exact) mass is 798 g/mol. The quantitative estimate of drug-likeness (QED) is 0.0657. The lowest BCUT2D eigenvalue weighted by atomic mass is 9.45. The second-order valence-electron chi connectivity index (χ2n) is 19.3. The molecule has 5 rings (SSSR count). The molecule has 1 aromatic carbocycles. The highest BCUT2D eigenvalue weighted by molar-refractivity contribution is 6.74. The van der Waals surface area contributed by atoms with E-state index in [1.807, 2.05) is 39.9 Å². The number of rotatable bonds is 13. The number of hydrogen-bond acceptors (Lipinski definition) is 10. The average molecular weight is 799 g/mol. The summed E-state index contributed by atoms with van der Waals surface area (Å²) in [5.74, 6) is -3.66. The zero-order valence-electron chi connectivity index (χ0n) is 33.9. The van der Waals surface area contributed by atoms with Crippen LogP contribution in [0.25, 0.3) is 0 Å². The minimum atomic E-state index is -2.49. The predicted molar refractivity (Wildman–Crippen MR) is 213 cm³/mol. The van der Waals surface area contributed by atoms with E-state index in [-0.39, 0.29) is 47.8 Å². The van der Waals surface area contributed by atoms with Gasteiger partial charge in [0.15, 0.2) is 22.4 Å². The number of ketones is 1. The highest BCUT2D eigenvalue weighted by Crippen LogP contribution is 2.66.